The summed E-state index contributed by atoms with van der Waals surface area (Å²) >= 11 is 0. The van der Waals surface area contributed by atoms with Gasteiger partial charge in [0.05, 0.1) is 0 Å². The van der Waals surface area contributed by atoms with E-state index < -0.39 is 0 Å². The molecule has 1 fully saturated rings. The van der Waals surface area contributed by atoms with Crippen molar-refractivity contribution in [1.29, 1.82) is 0 Å². The molecular weight excluding hydrogens is 158 g/mol. The van der Waals surface area contributed by atoms with Crippen LogP contribution in [0.25, 0.3) is 0 Å². The first-order chi connectivity index (χ1) is 6.27. The molecule has 0 aromatic carbocycles. The molecule has 2 atom stereocenters. The zero-order valence-corrected chi connectivity index (χ0v) is 8.46. The Balaban J connectivity index is 2.20. The van der Waals surface area contributed by atoms with Crippen LogP contribution in [0.3, 0.4) is 0 Å². The van der Waals surface area contributed by atoms with E-state index in [0.717, 1.165) is 11.8 Å². The van der Waals surface area contributed by atoms with E-state index in [4.69, 9.17) is 0 Å². The molecule has 0 N–H and O–H groups in total. The highest BCUT2D eigenvalue weighted by Crippen LogP contribution is 2.38. The van der Waals surface area contributed by atoms with Gasteiger partial charge >= 0.3 is 0 Å². The van der Waals surface area contributed by atoms with Gasteiger partial charge in [-0.25, -0.2) is 0 Å². The van der Waals surface area contributed by atoms with Crippen LogP contribution in [0, 0.1) is 12.8 Å². The van der Waals surface area contributed by atoms with Crippen LogP contribution in [0.15, 0.2) is 18.3 Å². The average Bonchev–Trinajstić information content (AvgIpc) is 2.53. The number of aromatic nitrogens is 1. The lowest BCUT2D eigenvalue weighted by atomic mass is 9.94. The van der Waals surface area contributed by atoms with Crippen LogP contribution in [0.1, 0.15) is 43.4 Å². The Morgan fingerprint density at radius 3 is 2.69 bits per heavy atom. The lowest BCUT2D eigenvalue weighted by Crippen LogP contribution is -2.03. The van der Waals surface area contributed by atoms with Crippen LogP contribution in [0.5, 0.6) is 0 Å². The Labute approximate surface area is 80.2 Å². The molecule has 13 heavy (non-hydrogen) atoms. The Bertz CT molecular complexity index is 276. The van der Waals surface area contributed by atoms with Crippen molar-refractivity contribution < 1.29 is 0 Å². The first-order valence-corrected chi connectivity index (χ1v) is 5.20. The third kappa shape index (κ3) is 1.74. The molecule has 1 aliphatic carbocycles. The summed E-state index contributed by atoms with van der Waals surface area (Å²) < 4.78 is 0. The van der Waals surface area contributed by atoms with Crippen LogP contribution in [-0.4, -0.2) is 4.98 Å². The summed E-state index contributed by atoms with van der Waals surface area (Å²) in [5.41, 5.74) is 2.56. The second kappa shape index (κ2) is 3.49. The van der Waals surface area contributed by atoms with Crippen LogP contribution in [-0.2, 0) is 0 Å². The fraction of sp³-hybridized carbons (Fsp3) is 0.583. The van der Waals surface area contributed by atoms with E-state index in [2.05, 4.69) is 31.0 Å². The molecule has 0 spiro atoms. The Hall–Kier alpha value is -0.850. The predicted octanol–water partition coefficient (Wildman–Crippen LogP) is 3.29. The summed E-state index contributed by atoms with van der Waals surface area (Å²) in [4.78, 5) is 4.51. The van der Waals surface area contributed by atoms with Gasteiger partial charge < -0.3 is 0 Å². The largest absolute Gasteiger partial charge is 0.261 e. The highest BCUT2D eigenvalue weighted by atomic mass is 14.7. The van der Waals surface area contributed by atoms with Crippen molar-refractivity contribution >= 4 is 0 Å². The van der Waals surface area contributed by atoms with Crippen molar-refractivity contribution in [3.8, 4) is 0 Å². The van der Waals surface area contributed by atoms with Crippen LogP contribution < -0.4 is 0 Å². The minimum Gasteiger partial charge on any atom is -0.261 e. The Morgan fingerprint density at radius 2 is 2.15 bits per heavy atom. The standard InChI is InChI=1S/C12H17N/c1-9-6-7-12(13-8-9)11-5-3-4-10(11)2/h6-8,10-11H,3-5H2,1-2H3. The van der Waals surface area contributed by atoms with E-state index >= 15 is 0 Å². The van der Waals surface area contributed by atoms with Crippen molar-refractivity contribution in [2.45, 2.75) is 39.0 Å². The fourth-order valence-electron chi connectivity index (χ4n) is 2.28. The molecule has 0 aliphatic heterocycles. The molecule has 2 rings (SSSR count). The molecule has 1 aliphatic rings. The van der Waals surface area contributed by atoms with E-state index in [9.17, 15) is 0 Å². The summed E-state index contributed by atoms with van der Waals surface area (Å²) in [5, 5.41) is 0. The molecule has 0 saturated heterocycles. The smallest absolute Gasteiger partial charge is 0.0437 e. The summed E-state index contributed by atoms with van der Waals surface area (Å²) in [6.45, 7) is 4.44. The van der Waals surface area contributed by atoms with Crippen molar-refractivity contribution in [2.24, 2.45) is 5.92 Å². The van der Waals surface area contributed by atoms with Gasteiger partial charge in [-0.05, 0) is 30.9 Å². The van der Waals surface area contributed by atoms with Gasteiger partial charge in [-0.2, -0.15) is 0 Å². The van der Waals surface area contributed by atoms with Crippen molar-refractivity contribution in [3.05, 3.63) is 29.6 Å². The number of pyridine rings is 1. The second-order valence-corrected chi connectivity index (χ2v) is 4.28. The monoisotopic (exact) mass is 175 g/mol. The van der Waals surface area contributed by atoms with Crippen molar-refractivity contribution in [2.75, 3.05) is 0 Å². The van der Waals surface area contributed by atoms with E-state index in [1.165, 1.54) is 30.5 Å². The van der Waals surface area contributed by atoms with Gasteiger partial charge in [0.2, 0.25) is 0 Å². The highest BCUT2D eigenvalue weighted by Gasteiger charge is 2.25. The highest BCUT2D eigenvalue weighted by molar-refractivity contribution is 5.17. The molecule has 0 radical (unpaired) electrons. The zero-order chi connectivity index (χ0) is 9.26. The van der Waals surface area contributed by atoms with Crippen molar-refractivity contribution in [3.63, 3.8) is 0 Å². The summed E-state index contributed by atoms with van der Waals surface area (Å²) in [7, 11) is 0. The van der Waals surface area contributed by atoms with Gasteiger partial charge in [0.15, 0.2) is 0 Å². The van der Waals surface area contributed by atoms with Gasteiger partial charge in [0.1, 0.15) is 0 Å². The summed E-state index contributed by atoms with van der Waals surface area (Å²) in [6.07, 6.45) is 6.07. The Kier molecular flexibility index (Phi) is 2.34. The molecular formula is C12H17N. The minimum atomic E-state index is 0.723. The average molecular weight is 175 g/mol. The van der Waals surface area contributed by atoms with Crippen LogP contribution in [0.2, 0.25) is 0 Å². The zero-order valence-electron chi connectivity index (χ0n) is 8.46. The topological polar surface area (TPSA) is 12.9 Å². The molecule has 1 heteroatoms. The SMILES string of the molecule is Cc1ccc(C2CCCC2C)nc1. The molecule has 1 saturated carbocycles. The van der Waals surface area contributed by atoms with Gasteiger partial charge in [-0.3, -0.25) is 4.98 Å². The molecule has 0 bridgehead atoms. The molecule has 1 aromatic heterocycles. The summed E-state index contributed by atoms with van der Waals surface area (Å²) in [5.74, 6) is 1.55. The molecule has 70 valence electrons. The van der Waals surface area contributed by atoms with E-state index in [-0.39, 0.29) is 0 Å². The number of hydrogen-bond donors (Lipinski definition) is 0. The Morgan fingerprint density at radius 1 is 1.31 bits per heavy atom. The van der Waals surface area contributed by atoms with Gasteiger partial charge in [0.25, 0.3) is 0 Å². The number of aryl methyl sites for hydroxylation is 1. The minimum absolute atomic E-state index is 0.723. The van der Waals surface area contributed by atoms with E-state index in [1.807, 2.05) is 6.20 Å². The van der Waals surface area contributed by atoms with E-state index in [1.54, 1.807) is 0 Å². The number of hydrogen-bond acceptors (Lipinski definition) is 1. The molecule has 1 nitrogen and oxygen atoms in total. The van der Waals surface area contributed by atoms with Crippen molar-refractivity contribution in [1.82, 2.24) is 4.98 Å². The third-order valence-electron chi connectivity index (χ3n) is 3.18. The quantitative estimate of drug-likeness (QED) is 0.638. The van der Waals surface area contributed by atoms with Gasteiger partial charge in [0, 0.05) is 17.8 Å². The lowest BCUT2D eigenvalue weighted by Gasteiger charge is -2.14. The number of rotatable bonds is 1. The molecule has 1 heterocycles. The fourth-order valence-corrected chi connectivity index (χ4v) is 2.28. The second-order valence-electron chi connectivity index (χ2n) is 4.28. The maximum atomic E-state index is 4.51. The molecule has 2 unspecified atom stereocenters. The number of nitrogens with zero attached hydrogens (tertiary/aromatic N) is 1. The third-order valence-corrected chi connectivity index (χ3v) is 3.18. The first kappa shape index (κ1) is 8.74. The van der Waals surface area contributed by atoms with Crippen LogP contribution in [0.4, 0.5) is 0 Å². The maximum absolute atomic E-state index is 4.51. The summed E-state index contributed by atoms with van der Waals surface area (Å²) in [6, 6.07) is 4.37. The van der Waals surface area contributed by atoms with Gasteiger partial charge in [-0.1, -0.05) is 25.8 Å². The predicted molar refractivity (Wildman–Crippen MR) is 54.7 cm³/mol. The normalized spacial score (nSPS) is 27.8. The molecule has 1 aromatic rings. The lowest BCUT2D eigenvalue weighted by molar-refractivity contribution is 0.522. The molecule has 0 amide bonds. The van der Waals surface area contributed by atoms with Crippen LogP contribution >= 0.6 is 0 Å². The van der Waals surface area contributed by atoms with Gasteiger partial charge in [-0.15, -0.1) is 0 Å². The maximum Gasteiger partial charge on any atom is 0.0437 e. The first-order valence-electron chi connectivity index (χ1n) is 5.20. The van der Waals surface area contributed by atoms with E-state index in [0.29, 0.717) is 0 Å².